The van der Waals surface area contributed by atoms with Crippen LogP contribution < -0.4 is 0 Å². The summed E-state index contributed by atoms with van der Waals surface area (Å²) in [6.45, 7) is 0. The fourth-order valence-corrected chi connectivity index (χ4v) is 5.10. The van der Waals surface area contributed by atoms with Gasteiger partial charge in [0.25, 0.3) is 0 Å². The summed E-state index contributed by atoms with van der Waals surface area (Å²) in [6, 6.07) is 29.9. The summed E-state index contributed by atoms with van der Waals surface area (Å²) in [5.41, 5.74) is 1.85. The zero-order valence-electron chi connectivity index (χ0n) is 16.7. The molecule has 0 bridgehead atoms. The summed E-state index contributed by atoms with van der Waals surface area (Å²) < 4.78 is 0. The molecule has 4 nitrogen and oxygen atoms in total. The monoisotopic (exact) mass is 401 g/mol. The van der Waals surface area contributed by atoms with Gasteiger partial charge in [-0.05, 0) is 22.8 Å². The number of rotatable bonds is 3. The molecular weight excluding hydrogens is 382 g/mol. The van der Waals surface area contributed by atoms with Gasteiger partial charge in [-0.15, -0.1) is 0 Å². The smallest absolute Gasteiger partial charge is 0.185 e. The van der Waals surface area contributed by atoms with Crippen LogP contribution in [0, 0.1) is 28.1 Å². The molecule has 0 aliphatic carbocycles. The van der Waals surface area contributed by atoms with E-state index in [1.807, 2.05) is 90.0 Å². The van der Waals surface area contributed by atoms with Crippen molar-refractivity contribution >= 4 is 11.9 Å². The van der Waals surface area contributed by atoms with Crippen molar-refractivity contribution in [1.82, 2.24) is 4.90 Å². The Hall–Kier alpha value is -4.15. The van der Waals surface area contributed by atoms with Crippen molar-refractivity contribution in [1.29, 1.82) is 10.5 Å². The highest BCUT2D eigenvalue weighted by Crippen LogP contribution is 2.59. The van der Waals surface area contributed by atoms with Crippen molar-refractivity contribution in [2.75, 3.05) is 0 Å². The Bertz CT molecular complexity index is 1240. The van der Waals surface area contributed by atoms with E-state index in [1.165, 1.54) is 0 Å². The van der Waals surface area contributed by atoms with Crippen LogP contribution in [0.5, 0.6) is 0 Å². The van der Waals surface area contributed by atoms with E-state index in [9.17, 15) is 15.3 Å². The maximum Gasteiger partial charge on any atom is 0.185 e. The Morgan fingerprint density at radius 1 is 0.839 bits per heavy atom. The van der Waals surface area contributed by atoms with Crippen molar-refractivity contribution in [2.24, 2.45) is 5.41 Å². The van der Waals surface area contributed by atoms with Crippen LogP contribution in [0.1, 0.15) is 39.0 Å². The fraction of sp³-hybridized carbons (Fsp3) is 0.148. The first-order valence-corrected chi connectivity index (χ1v) is 10.2. The molecule has 3 aromatic carbocycles. The van der Waals surface area contributed by atoms with Crippen LogP contribution >= 0.6 is 0 Å². The molecule has 0 unspecified atom stereocenters. The number of nitriles is 2. The van der Waals surface area contributed by atoms with E-state index in [0.29, 0.717) is 5.56 Å². The Labute approximate surface area is 181 Å². The van der Waals surface area contributed by atoms with Gasteiger partial charge in [0.05, 0.1) is 18.2 Å². The van der Waals surface area contributed by atoms with E-state index in [2.05, 4.69) is 12.1 Å². The minimum atomic E-state index is -1.42. The maximum atomic E-state index is 13.8. The van der Waals surface area contributed by atoms with Gasteiger partial charge in [0, 0.05) is 17.7 Å². The lowest BCUT2D eigenvalue weighted by Gasteiger charge is -2.34. The Balaban J connectivity index is 1.78. The average Bonchev–Trinajstić information content (AvgIpc) is 3.15. The Morgan fingerprint density at radius 2 is 1.45 bits per heavy atom. The van der Waals surface area contributed by atoms with Crippen LogP contribution in [0.15, 0.2) is 91.1 Å². The molecule has 1 saturated heterocycles. The number of fused-ring (bicyclic) bond motifs is 3. The molecule has 2 heterocycles. The van der Waals surface area contributed by atoms with Crippen molar-refractivity contribution in [3.8, 4) is 12.1 Å². The molecule has 5 rings (SSSR count). The summed E-state index contributed by atoms with van der Waals surface area (Å²) in [7, 11) is 0. The first-order chi connectivity index (χ1) is 15.2. The number of carbonyl (C=O) groups is 1. The molecule has 0 radical (unpaired) electrons. The Morgan fingerprint density at radius 3 is 2.13 bits per heavy atom. The fourth-order valence-electron chi connectivity index (χ4n) is 5.10. The van der Waals surface area contributed by atoms with Gasteiger partial charge in [-0.3, -0.25) is 4.79 Å². The van der Waals surface area contributed by atoms with E-state index in [-0.39, 0.29) is 5.78 Å². The summed E-state index contributed by atoms with van der Waals surface area (Å²) in [5.74, 6) is -0.687. The average molecular weight is 401 g/mol. The van der Waals surface area contributed by atoms with E-state index in [1.54, 1.807) is 12.1 Å². The van der Waals surface area contributed by atoms with Crippen molar-refractivity contribution in [2.45, 2.75) is 18.0 Å². The molecule has 0 spiro atoms. The van der Waals surface area contributed by atoms with Gasteiger partial charge in [-0.25, -0.2) is 0 Å². The predicted molar refractivity (Wildman–Crippen MR) is 117 cm³/mol. The molecule has 2 aliphatic rings. The molecule has 0 saturated carbocycles. The number of carbonyl (C=O) groups excluding carboxylic acids is 1. The van der Waals surface area contributed by atoms with E-state index < -0.39 is 23.4 Å². The lowest BCUT2D eigenvalue weighted by Crippen LogP contribution is -2.37. The molecule has 3 atom stereocenters. The van der Waals surface area contributed by atoms with Gasteiger partial charge in [0.1, 0.15) is 6.04 Å². The van der Waals surface area contributed by atoms with Gasteiger partial charge >= 0.3 is 0 Å². The van der Waals surface area contributed by atoms with Gasteiger partial charge < -0.3 is 4.90 Å². The maximum absolute atomic E-state index is 13.8. The third-order valence-corrected chi connectivity index (χ3v) is 6.43. The molecule has 4 heteroatoms. The second kappa shape index (κ2) is 7.27. The third kappa shape index (κ3) is 2.70. The second-order valence-electron chi connectivity index (χ2n) is 7.95. The first-order valence-electron chi connectivity index (χ1n) is 10.2. The number of hydrogen-bond donors (Lipinski definition) is 0. The lowest BCUT2D eigenvalue weighted by molar-refractivity contribution is 0.0874. The molecule has 0 N–H and O–H groups in total. The lowest BCUT2D eigenvalue weighted by atomic mass is 9.67. The second-order valence-corrected chi connectivity index (χ2v) is 7.95. The SMILES string of the molecule is N#CC1(C#N)[C@H](c2ccccc2)[C@@H](C(=O)c2ccccc2)N2C=Cc3ccccc3[C@@H]21. The van der Waals surface area contributed by atoms with Crippen LogP contribution in [0.4, 0.5) is 0 Å². The van der Waals surface area contributed by atoms with Crippen molar-refractivity contribution < 1.29 is 4.79 Å². The predicted octanol–water partition coefficient (Wildman–Crippen LogP) is 5.10. The molecule has 2 aliphatic heterocycles. The Kier molecular flexibility index (Phi) is 4.42. The largest absolute Gasteiger partial charge is 0.357 e. The van der Waals surface area contributed by atoms with Crippen LogP contribution in [0.2, 0.25) is 0 Å². The summed E-state index contributed by atoms with van der Waals surface area (Å²) in [5, 5.41) is 20.9. The minimum Gasteiger partial charge on any atom is -0.357 e. The minimum absolute atomic E-state index is 0.0872. The standard InChI is InChI=1S/C27H19N3O/c28-17-27(18-29)23(20-10-3-1-4-11-20)24(25(31)21-12-5-2-6-13-21)30-16-15-19-9-7-8-14-22(19)26(27)30/h1-16,23-24,26H/t23-,24+,26-/m1/s1. The zero-order valence-corrected chi connectivity index (χ0v) is 16.7. The van der Waals surface area contributed by atoms with Crippen molar-refractivity contribution in [3.05, 3.63) is 113 Å². The number of Topliss-reactive ketones (excluding diaryl/α,β-unsaturated/α-hetero) is 1. The first kappa shape index (κ1) is 18.9. The normalized spacial score (nSPS) is 22.6. The van der Waals surface area contributed by atoms with Crippen LogP contribution in [0.3, 0.4) is 0 Å². The van der Waals surface area contributed by atoms with Crippen LogP contribution in [-0.4, -0.2) is 16.7 Å². The van der Waals surface area contributed by atoms with Crippen molar-refractivity contribution in [3.63, 3.8) is 0 Å². The van der Waals surface area contributed by atoms with E-state index >= 15 is 0 Å². The summed E-state index contributed by atoms with van der Waals surface area (Å²) in [6.07, 6.45) is 3.84. The van der Waals surface area contributed by atoms with Gasteiger partial charge in [0.2, 0.25) is 0 Å². The molecule has 0 amide bonds. The number of nitrogens with zero attached hydrogens (tertiary/aromatic N) is 3. The molecule has 148 valence electrons. The molecule has 3 aromatic rings. The van der Waals surface area contributed by atoms with E-state index in [4.69, 9.17) is 0 Å². The van der Waals surface area contributed by atoms with Gasteiger partial charge in [-0.1, -0.05) is 84.9 Å². The topological polar surface area (TPSA) is 67.9 Å². The molecule has 1 fully saturated rings. The third-order valence-electron chi connectivity index (χ3n) is 6.43. The molecule has 0 aromatic heterocycles. The van der Waals surface area contributed by atoms with Crippen LogP contribution in [0.25, 0.3) is 6.08 Å². The highest BCUT2D eigenvalue weighted by molar-refractivity contribution is 6.01. The highest BCUT2D eigenvalue weighted by atomic mass is 16.1. The quantitative estimate of drug-likeness (QED) is 0.573. The highest BCUT2D eigenvalue weighted by Gasteiger charge is 2.63. The van der Waals surface area contributed by atoms with Gasteiger partial charge in [-0.2, -0.15) is 10.5 Å². The summed E-state index contributed by atoms with van der Waals surface area (Å²) in [4.78, 5) is 15.8. The van der Waals surface area contributed by atoms with E-state index in [0.717, 1.165) is 16.7 Å². The number of hydrogen-bond acceptors (Lipinski definition) is 4. The molecular formula is C27H19N3O. The summed E-state index contributed by atoms with van der Waals surface area (Å²) >= 11 is 0. The number of ketones is 1. The molecule has 31 heavy (non-hydrogen) atoms. The number of benzene rings is 3. The van der Waals surface area contributed by atoms with Crippen LogP contribution in [-0.2, 0) is 0 Å². The van der Waals surface area contributed by atoms with Gasteiger partial charge in [0.15, 0.2) is 11.2 Å². The zero-order chi connectivity index (χ0) is 21.4.